The van der Waals surface area contributed by atoms with Crippen LogP contribution in [0, 0.1) is 6.92 Å². The average molecular weight is 231 g/mol. The SMILES string of the molecule is Cc1ccc2c(c1C1(N)CCCCC1)CCO2. The summed E-state index contributed by atoms with van der Waals surface area (Å²) in [5, 5.41) is 0. The molecule has 0 unspecified atom stereocenters. The first-order chi connectivity index (χ1) is 8.21. The van der Waals surface area contributed by atoms with Gasteiger partial charge in [-0.25, -0.2) is 0 Å². The van der Waals surface area contributed by atoms with Crippen molar-refractivity contribution >= 4 is 0 Å². The zero-order valence-electron chi connectivity index (χ0n) is 10.6. The summed E-state index contributed by atoms with van der Waals surface area (Å²) < 4.78 is 5.67. The van der Waals surface area contributed by atoms with Gasteiger partial charge in [0.2, 0.25) is 0 Å². The number of hydrogen-bond donors (Lipinski definition) is 1. The lowest BCUT2D eigenvalue weighted by molar-refractivity contribution is 0.299. The van der Waals surface area contributed by atoms with Crippen molar-refractivity contribution in [2.45, 2.75) is 51.0 Å². The summed E-state index contributed by atoms with van der Waals surface area (Å²) in [5.74, 6) is 1.07. The molecule has 2 aliphatic rings. The fraction of sp³-hybridized carbons (Fsp3) is 0.600. The predicted molar refractivity (Wildman–Crippen MR) is 69.3 cm³/mol. The van der Waals surface area contributed by atoms with E-state index in [4.69, 9.17) is 10.5 Å². The van der Waals surface area contributed by atoms with Crippen LogP contribution in [0.5, 0.6) is 5.75 Å². The fourth-order valence-corrected chi connectivity index (χ4v) is 3.52. The molecule has 1 aromatic rings. The summed E-state index contributed by atoms with van der Waals surface area (Å²) in [6, 6.07) is 4.27. The molecule has 92 valence electrons. The second-order valence-corrected chi connectivity index (χ2v) is 5.55. The van der Waals surface area contributed by atoms with Gasteiger partial charge in [-0.2, -0.15) is 0 Å². The molecular formula is C15H21NO. The monoisotopic (exact) mass is 231 g/mol. The molecule has 1 aliphatic carbocycles. The van der Waals surface area contributed by atoms with E-state index in [0.29, 0.717) is 0 Å². The molecule has 2 nitrogen and oxygen atoms in total. The molecule has 0 bridgehead atoms. The number of hydrogen-bond acceptors (Lipinski definition) is 2. The van der Waals surface area contributed by atoms with E-state index < -0.39 is 0 Å². The van der Waals surface area contributed by atoms with Crippen molar-refractivity contribution in [3.8, 4) is 5.75 Å². The third-order valence-corrected chi connectivity index (χ3v) is 4.33. The largest absolute Gasteiger partial charge is 0.493 e. The number of fused-ring (bicyclic) bond motifs is 1. The smallest absolute Gasteiger partial charge is 0.122 e. The van der Waals surface area contributed by atoms with E-state index in [1.165, 1.54) is 36.0 Å². The van der Waals surface area contributed by atoms with Crippen molar-refractivity contribution in [2.75, 3.05) is 6.61 Å². The van der Waals surface area contributed by atoms with Crippen LogP contribution in [-0.4, -0.2) is 6.61 Å². The molecule has 0 radical (unpaired) electrons. The van der Waals surface area contributed by atoms with E-state index in [1.54, 1.807) is 0 Å². The van der Waals surface area contributed by atoms with Gasteiger partial charge in [0.15, 0.2) is 0 Å². The van der Waals surface area contributed by atoms with E-state index in [0.717, 1.165) is 31.6 Å². The van der Waals surface area contributed by atoms with Gasteiger partial charge in [-0.05, 0) is 37.0 Å². The normalized spacial score (nSPS) is 22.0. The Morgan fingerprint density at radius 3 is 2.71 bits per heavy atom. The van der Waals surface area contributed by atoms with Crippen LogP contribution in [0.4, 0.5) is 0 Å². The highest BCUT2D eigenvalue weighted by atomic mass is 16.5. The molecule has 1 aliphatic heterocycles. The van der Waals surface area contributed by atoms with Crippen molar-refractivity contribution in [1.29, 1.82) is 0 Å². The minimum absolute atomic E-state index is 0.0959. The number of aryl methyl sites for hydroxylation is 1. The summed E-state index contributed by atoms with van der Waals surface area (Å²) in [7, 11) is 0. The van der Waals surface area contributed by atoms with Crippen molar-refractivity contribution < 1.29 is 4.74 Å². The molecule has 1 aromatic carbocycles. The fourth-order valence-electron chi connectivity index (χ4n) is 3.52. The van der Waals surface area contributed by atoms with Crippen LogP contribution in [0.1, 0.15) is 48.8 Å². The van der Waals surface area contributed by atoms with E-state index in [-0.39, 0.29) is 5.54 Å². The van der Waals surface area contributed by atoms with Crippen LogP contribution in [0.15, 0.2) is 12.1 Å². The molecule has 0 atom stereocenters. The van der Waals surface area contributed by atoms with Crippen LogP contribution in [0.25, 0.3) is 0 Å². The molecule has 0 saturated heterocycles. The van der Waals surface area contributed by atoms with E-state index >= 15 is 0 Å². The zero-order chi connectivity index (χ0) is 11.9. The van der Waals surface area contributed by atoms with Crippen molar-refractivity contribution in [3.05, 3.63) is 28.8 Å². The van der Waals surface area contributed by atoms with Gasteiger partial charge in [0.1, 0.15) is 5.75 Å². The summed E-state index contributed by atoms with van der Waals surface area (Å²) >= 11 is 0. The molecule has 1 heterocycles. The van der Waals surface area contributed by atoms with Crippen LogP contribution in [-0.2, 0) is 12.0 Å². The van der Waals surface area contributed by atoms with Gasteiger partial charge in [0.25, 0.3) is 0 Å². The van der Waals surface area contributed by atoms with E-state index in [9.17, 15) is 0 Å². The minimum Gasteiger partial charge on any atom is -0.493 e. The third-order valence-electron chi connectivity index (χ3n) is 4.33. The quantitative estimate of drug-likeness (QED) is 0.806. The Morgan fingerprint density at radius 1 is 1.18 bits per heavy atom. The average Bonchev–Trinajstić information content (AvgIpc) is 2.77. The topological polar surface area (TPSA) is 35.2 Å². The van der Waals surface area contributed by atoms with E-state index in [2.05, 4.69) is 19.1 Å². The second-order valence-electron chi connectivity index (χ2n) is 5.55. The maximum Gasteiger partial charge on any atom is 0.122 e. The van der Waals surface area contributed by atoms with Crippen molar-refractivity contribution in [1.82, 2.24) is 0 Å². The first-order valence-electron chi connectivity index (χ1n) is 6.75. The molecule has 0 aromatic heterocycles. The van der Waals surface area contributed by atoms with Gasteiger partial charge >= 0.3 is 0 Å². The van der Waals surface area contributed by atoms with Crippen LogP contribution in [0.3, 0.4) is 0 Å². The van der Waals surface area contributed by atoms with E-state index in [1.807, 2.05) is 0 Å². The summed E-state index contributed by atoms with van der Waals surface area (Å²) in [6.45, 7) is 3.01. The minimum atomic E-state index is -0.0959. The number of benzene rings is 1. The maximum absolute atomic E-state index is 6.70. The van der Waals surface area contributed by atoms with Gasteiger partial charge in [0.05, 0.1) is 6.61 Å². The molecule has 0 spiro atoms. The lowest BCUT2D eigenvalue weighted by Crippen LogP contribution is -2.40. The molecule has 2 heteroatoms. The molecular weight excluding hydrogens is 210 g/mol. The van der Waals surface area contributed by atoms with Crippen LogP contribution in [0.2, 0.25) is 0 Å². The Hall–Kier alpha value is -1.02. The number of ether oxygens (including phenoxy) is 1. The standard InChI is InChI=1S/C15H21NO/c1-11-5-6-13-12(7-10-17-13)14(11)15(16)8-3-2-4-9-15/h5-6H,2-4,7-10,16H2,1H3. The first-order valence-corrected chi connectivity index (χ1v) is 6.75. The Kier molecular flexibility index (Phi) is 2.62. The first kappa shape index (κ1) is 11.1. The third kappa shape index (κ3) is 1.75. The van der Waals surface area contributed by atoms with Crippen LogP contribution < -0.4 is 10.5 Å². The summed E-state index contributed by atoms with van der Waals surface area (Å²) in [5.41, 5.74) is 10.7. The second kappa shape index (κ2) is 4.02. The highest BCUT2D eigenvalue weighted by molar-refractivity contribution is 5.50. The Bertz CT molecular complexity index is 433. The molecule has 0 amide bonds. The summed E-state index contributed by atoms with van der Waals surface area (Å²) in [4.78, 5) is 0. The van der Waals surface area contributed by atoms with Crippen molar-refractivity contribution in [2.24, 2.45) is 5.73 Å². The predicted octanol–water partition coefficient (Wildman–Crippen LogP) is 3.05. The van der Waals surface area contributed by atoms with Gasteiger partial charge < -0.3 is 10.5 Å². The molecule has 1 saturated carbocycles. The number of rotatable bonds is 1. The van der Waals surface area contributed by atoms with Gasteiger partial charge in [-0.15, -0.1) is 0 Å². The Balaban J connectivity index is 2.10. The van der Waals surface area contributed by atoms with Gasteiger partial charge in [-0.3, -0.25) is 0 Å². The molecule has 1 fully saturated rings. The molecule has 17 heavy (non-hydrogen) atoms. The highest BCUT2D eigenvalue weighted by Gasteiger charge is 2.34. The van der Waals surface area contributed by atoms with Crippen molar-refractivity contribution in [3.63, 3.8) is 0 Å². The number of nitrogens with two attached hydrogens (primary N) is 1. The highest BCUT2D eigenvalue weighted by Crippen LogP contribution is 2.42. The lowest BCUT2D eigenvalue weighted by atomic mass is 9.74. The van der Waals surface area contributed by atoms with Gasteiger partial charge in [0, 0.05) is 17.5 Å². The molecule has 3 rings (SSSR count). The van der Waals surface area contributed by atoms with Gasteiger partial charge in [-0.1, -0.05) is 25.3 Å². The Morgan fingerprint density at radius 2 is 1.94 bits per heavy atom. The van der Waals surface area contributed by atoms with Crippen LogP contribution >= 0.6 is 0 Å². The molecule has 2 N–H and O–H groups in total. The summed E-state index contributed by atoms with van der Waals surface area (Å²) in [6.07, 6.45) is 7.16. The lowest BCUT2D eigenvalue weighted by Gasteiger charge is -2.36. The zero-order valence-corrected chi connectivity index (χ0v) is 10.6. The maximum atomic E-state index is 6.70. The Labute approximate surface area is 103 Å².